The van der Waals surface area contributed by atoms with Gasteiger partial charge in [-0.3, -0.25) is 19.2 Å². The highest BCUT2D eigenvalue weighted by molar-refractivity contribution is 9.10. The van der Waals surface area contributed by atoms with Crippen molar-refractivity contribution in [3.63, 3.8) is 0 Å². The molecule has 2 aliphatic rings. The van der Waals surface area contributed by atoms with Gasteiger partial charge in [-0.1, -0.05) is 13.8 Å². The van der Waals surface area contributed by atoms with Gasteiger partial charge in [0.15, 0.2) is 23.0 Å². The molecule has 0 spiro atoms. The summed E-state index contributed by atoms with van der Waals surface area (Å²) < 4.78 is 24.2. The number of carboxylic acids is 2. The number of nitrogens with zero attached hydrogens (tertiary/aromatic N) is 2. The Bertz CT molecular complexity index is 1530. The SMILES string of the molecule is COc1cc2c(cc1OCCCOc1c(Br)c3c(c(C)c1OC)CN(C(=O)C[C@H](C)C(=O)O)C3C)CN(C(=O)C[C@H](C)C(=O)O)C2. The third-order valence-electron chi connectivity index (χ3n) is 8.66. The largest absolute Gasteiger partial charge is 0.493 e. The number of ether oxygens (including phenoxy) is 4. The maximum Gasteiger partial charge on any atom is 0.306 e. The van der Waals surface area contributed by atoms with E-state index >= 15 is 0 Å². The normalized spacial score (nSPS) is 16.4. The fourth-order valence-corrected chi connectivity index (χ4v) is 6.72. The van der Waals surface area contributed by atoms with Crippen LogP contribution < -0.4 is 18.9 Å². The number of hydrogen-bond acceptors (Lipinski definition) is 8. The van der Waals surface area contributed by atoms with E-state index in [9.17, 15) is 24.3 Å². The summed E-state index contributed by atoms with van der Waals surface area (Å²) in [6, 6.07) is 3.42. The number of carbonyl (C=O) groups is 4. The van der Waals surface area contributed by atoms with E-state index in [-0.39, 0.29) is 30.7 Å². The summed E-state index contributed by atoms with van der Waals surface area (Å²) in [5.74, 6) is -1.81. The average molecular weight is 706 g/mol. The van der Waals surface area contributed by atoms with Crippen molar-refractivity contribution < 1.29 is 48.3 Å². The molecule has 2 aliphatic heterocycles. The van der Waals surface area contributed by atoms with E-state index in [4.69, 9.17) is 24.1 Å². The second kappa shape index (κ2) is 14.6. The molecule has 12 nitrogen and oxygen atoms in total. The predicted octanol–water partition coefficient (Wildman–Crippen LogP) is 5.09. The number of fused-ring (bicyclic) bond motifs is 2. The lowest BCUT2D eigenvalue weighted by Crippen LogP contribution is -2.30. The van der Waals surface area contributed by atoms with Gasteiger partial charge in [0.25, 0.3) is 0 Å². The smallest absolute Gasteiger partial charge is 0.306 e. The van der Waals surface area contributed by atoms with Gasteiger partial charge < -0.3 is 39.0 Å². The second-order valence-electron chi connectivity index (χ2n) is 11.9. The van der Waals surface area contributed by atoms with E-state index in [0.29, 0.717) is 66.7 Å². The minimum atomic E-state index is -1.01. The maximum absolute atomic E-state index is 13.0. The van der Waals surface area contributed by atoms with Crippen LogP contribution in [0.3, 0.4) is 0 Å². The molecule has 46 heavy (non-hydrogen) atoms. The molecule has 2 heterocycles. The quantitative estimate of drug-likeness (QED) is 0.254. The number of rotatable bonds is 14. The first kappa shape index (κ1) is 34.9. The number of amides is 2. The molecule has 3 atom stereocenters. The van der Waals surface area contributed by atoms with Crippen LogP contribution in [0.1, 0.15) is 73.9 Å². The van der Waals surface area contributed by atoms with Crippen LogP contribution in [-0.2, 0) is 38.8 Å². The Morgan fingerprint density at radius 3 is 2.00 bits per heavy atom. The van der Waals surface area contributed by atoms with Crippen LogP contribution in [-0.4, -0.2) is 71.2 Å². The van der Waals surface area contributed by atoms with Crippen molar-refractivity contribution in [2.24, 2.45) is 11.8 Å². The summed E-state index contributed by atoms with van der Waals surface area (Å²) in [4.78, 5) is 51.5. The van der Waals surface area contributed by atoms with E-state index in [0.717, 1.165) is 27.8 Å². The van der Waals surface area contributed by atoms with E-state index in [1.807, 2.05) is 26.0 Å². The van der Waals surface area contributed by atoms with Gasteiger partial charge in [0.1, 0.15) is 0 Å². The zero-order chi connectivity index (χ0) is 33.9. The van der Waals surface area contributed by atoms with E-state index in [1.54, 1.807) is 24.0 Å². The lowest BCUT2D eigenvalue weighted by Gasteiger charge is -2.23. The van der Waals surface area contributed by atoms with Gasteiger partial charge in [-0.15, -0.1) is 0 Å². The third kappa shape index (κ3) is 7.19. The van der Waals surface area contributed by atoms with Gasteiger partial charge in [-0.2, -0.15) is 0 Å². The molecule has 0 bridgehead atoms. The zero-order valence-electron chi connectivity index (χ0n) is 27.0. The van der Waals surface area contributed by atoms with Crippen molar-refractivity contribution in [1.82, 2.24) is 9.80 Å². The van der Waals surface area contributed by atoms with E-state index in [1.165, 1.54) is 13.8 Å². The minimum absolute atomic E-state index is 0.0597. The lowest BCUT2D eigenvalue weighted by molar-refractivity contribution is -0.146. The number of benzene rings is 2. The lowest BCUT2D eigenvalue weighted by atomic mass is 9.99. The topological polar surface area (TPSA) is 152 Å². The number of carbonyl (C=O) groups excluding carboxylic acids is 2. The molecule has 1 unspecified atom stereocenters. The molecule has 4 rings (SSSR count). The molecular weight excluding hydrogens is 664 g/mol. The molecule has 0 radical (unpaired) electrons. The van der Waals surface area contributed by atoms with Crippen molar-refractivity contribution in [1.29, 1.82) is 0 Å². The Morgan fingerprint density at radius 1 is 0.870 bits per heavy atom. The fraction of sp³-hybridized carbons (Fsp3) is 0.515. The van der Waals surface area contributed by atoms with Gasteiger partial charge in [-0.25, -0.2) is 0 Å². The monoisotopic (exact) mass is 704 g/mol. The molecule has 0 aliphatic carbocycles. The Hall–Kier alpha value is -4.00. The Balaban J connectivity index is 1.39. The Kier molecular flexibility index (Phi) is 11.1. The van der Waals surface area contributed by atoms with Crippen LogP contribution in [0, 0.1) is 18.8 Å². The molecule has 0 saturated carbocycles. The summed E-state index contributed by atoms with van der Waals surface area (Å²) in [6.07, 6.45) is 0.384. The molecular formula is C33H41BrN2O10. The molecule has 2 aromatic rings. The summed E-state index contributed by atoms with van der Waals surface area (Å²) in [7, 11) is 3.11. The number of methoxy groups -OCH3 is 2. The van der Waals surface area contributed by atoms with Crippen LogP contribution in [0.25, 0.3) is 0 Å². The van der Waals surface area contributed by atoms with Crippen molar-refractivity contribution in [2.75, 3.05) is 27.4 Å². The number of aliphatic carboxylic acids is 2. The van der Waals surface area contributed by atoms with Gasteiger partial charge in [0.2, 0.25) is 11.8 Å². The van der Waals surface area contributed by atoms with Gasteiger partial charge in [0, 0.05) is 44.5 Å². The molecule has 2 N–H and O–H groups in total. The van der Waals surface area contributed by atoms with Crippen LogP contribution in [0.15, 0.2) is 16.6 Å². The van der Waals surface area contributed by atoms with Crippen LogP contribution in [0.5, 0.6) is 23.0 Å². The van der Waals surface area contributed by atoms with Crippen molar-refractivity contribution in [2.45, 2.75) is 72.6 Å². The molecule has 2 aromatic carbocycles. The first-order valence-electron chi connectivity index (χ1n) is 15.2. The highest BCUT2D eigenvalue weighted by atomic mass is 79.9. The van der Waals surface area contributed by atoms with Crippen molar-refractivity contribution in [3.05, 3.63) is 44.4 Å². The van der Waals surface area contributed by atoms with Crippen molar-refractivity contribution >= 4 is 39.7 Å². The number of halogens is 1. The van der Waals surface area contributed by atoms with E-state index < -0.39 is 23.8 Å². The fourth-order valence-electron chi connectivity index (χ4n) is 5.86. The maximum atomic E-state index is 13.0. The predicted molar refractivity (Wildman–Crippen MR) is 170 cm³/mol. The summed E-state index contributed by atoms with van der Waals surface area (Å²) in [5, 5.41) is 18.4. The third-order valence-corrected chi connectivity index (χ3v) is 9.44. The zero-order valence-corrected chi connectivity index (χ0v) is 28.6. The highest BCUT2D eigenvalue weighted by Gasteiger charge is 2.37. The average Bonchev–Trinajstić information content (AvgIpc) is 3.59. The van der Waals surface area contributed by atoms with Crippen LogP contribution >= 0.6 is 15.9 Å². The Labute approximate surface area is 276 Å². The standard InChI is InChI=1S/C33H41BrN2O10/c1-17(32(39)40)10-26(37)35-14-21-12-24(43-5)25(13-22(21)15-35)45-8-7-9-46-31-29(34)28-20(4)36(27(38)11-18(2)33(41)42)16-23(28)19(3)30(31)44-6/h12-13,17-18,20H,7-11,14-16H2,1-6H3,(H,39,40)(H,41,42)/t17-,18-,20?/m0/s1. The van der Waals surface area contributed by atoms with Crippen LogP contribution in [0.2, 0.25) is 0 Å². The summed E-state index contributed by atoms with van der Waals surface area (Å²) in [6.45, 7) is 8.61. The molecule has 0 saturated heterocycles. The van der Waals surface area contributed by atoms with Crippen molar-refractivity contribution in [3.8, 4) is 23.0 Å². The highest BCUT2D eigenvalue weighted by Crippen LogP contribution is 2.50. The van der Waals surface area contributed by atoms with Crippen LogP contribution in [0.4, 0.5) is 0 Å². The Morgan fingerprint density at radius 2 is 1.43 bits per heavy atom. The second-order valence-corrected chi connectivity index (χ2v) is 12.6. The summed E-state index contributed by atoms with van der Waals surface area (Å²) >= 11 is 3.70. The number of carboxylic acid groups (broad SMARTS) is 2. The molecule has 13 heteroatoms. The molecule has 0 fully saturated rings. The van der Waals surface area contributed by atoms with Gasteiger partial charge in [0.05, 0.1) is 49.8 Å². The van der Waals surface area contributed by atoms with Gasteiger partial charge >= 0.3 is 11.9 Å². The molecule has 0 aromatic heterocycles. The molecule has 2 amide bonds. The first-order valence-corrected chi connectivity index (χ1v) is 15.9. The number of hydrogen-bond donors (Lipinski definition) is 2. The first-order chi connectivity index (χ1) is 21.8. The van der Waals surface area contributed by atoms with E-state index in [2.05, 4.69) is 15.9 Å². The van der Waals surface area contributed by atoms with Gasteiger partial charge in [-0.05, 0) is 64.2 Å². The molecule has 250 valence electrons. The summed E-state index contributed by atoms with van der Waals surface area (Å²) in [5.41, 5.74) is 4.56. The minimum Gasteiger partial charge on any atom is -0.493 e.